The summed E-state index contributed by atoms with van der Waals surface area (Å²) in [7, 11) is 0. The van der Waals surface area contributed by atoms with Crippen molar-refractivity contribution >= 4 is 5.97 Å². The fraction of sp³-hybridized carbons (Fsp3) is 0.591. The lowest BCUT2D eigenvalue weighted by Gasteiger charge is -2.56. The normalized spacial score (nSPS) is 37.5. The number of rotatable bonds is 3. The van der Waals surface area contributed by atoms with Gasteiger partial charge in [-0.2, -0.15) is 0 Å². The second-order valence-corrected chi connectivity index (χ2v) is 9.60. The van der Waals surface area contributed by atoms with Gasteiger partial charge in [-0.3, -0.25) is 0 Å². The van der Waals surface area contributed by atoms with E-state index in [1.807, 2.05) is 0 Å². The maximum atomic E-state index is 13.8. The monoisotopic (exact) mass is 497 g/mol. The zero-order valence-electron chi connectivity index (χ0n) is 18.7. The smallest absolute Gasteiger partial charge is 0.335 e. The lowest BCUT2D eigenvalue weighted by Crippen LogP contribution is -2.70. The predicted octanol–water partition coefficient (Wildman–Crippen LogP) is 2.18. The minimum atomic E-state index is -1.59. The van der Waals surface area contributed by atoms with Crippen molar-refractivity contribution in [2.45, 2.75) is 74.8 Å². The van der Waals surface area contributed by atoms with E-state index in [1.54, 1.807) is 13.8 Å². The van der Waals surface area contributed by atoms with Gasteiger partial charge in [0.2, 0.25) is 0 Å². The number of carboxylic acid groups (broad SMARTS) is 1. The van der Waals surface area contributed by atoms with Crippen LogP contribution in [-0.2, 0) is 28.5 Å². The first-order chi connectivity index (χ1) is 16.6. The third-order valence-corrected chi connectivity index (χ3v) is 6.91. The average molecular weight is 497 g/mol. The summed E-state index contributed by atoms with van der Waals surface area (Å²) in [4.78, 5) is 11.9. The van der Waals surface area contributed by atoms with Gasteiger partial charge >= 0.3 is 5.97 Å². The number of carboxylic acids is 1. The van der Waals surface area contributed by atoms with Crippen molar-refractivity contribution in [3.63, 3.8) is 0 Å². The van der Waals surface area contributed by atoms with Crippen LogP contribution in [0.4, 0.5) is 13.2 Å². The average Bonchev–Trinajstić information content (AvgIpc) is 3.41. The Morgan fingerprint density at radius 2 is 1.86 bits per heavy atom. The van der Waals surface area contributed by atoms with Crippen molar-refractivity contribution in [1.82, 2.24) is 15.0 Å². The Balaban J connectivity index is 1.43. The largest absolute Gasteiger partial charge is 0.479 e. The molecule has 1 aromatic heterocycles. The van der Waals surface area contributed by atoms with Crippen molar-refractivity contribution in [2.75, 3.05) is 6.61 Å². The Labute approximate surface area is 196 Å². The minimum Gasteiger partial charge on any atom is -0.479 e. The number of fused-ring (bicyclic) bond motifs is 2. The van der Waals surface area contributed by atoms with Gasteiger partial charge in [0, 0.05) is 12.0 Å². The number of aliphatic carboxylic acids is 1. The van der Waals surface area contributed by atoms with Crippen LogP contribution in [-0.4, -0.2) is 74.8 Å². The zero-order valence-corrected chi connectivity index (χ0v) is 18.7. The van der Waals surface area contributed by atoms with Gasteiger partial charge in [0.1, 0.15) is 30.0 Å². The molecule has 188 valence electrons. The molecule has 4 aliphatic heterocycles. The van der Waals surface area contributed by atoms with Crippen LogP contribution in [0.5, 0.6) is 0 Å². The van der Waals surface area contributed by atoms with E-state index in [2.05, 4.69) is 10.3 Å². The Morgan fingerprint density at radius 3 is 2.57 bits per heavy atom. The third kappa shape index (κ3) is 3.56. The van der Waals surface area contributed by atoms with Gasteiger partial charge < -0.3 is 28.8 Å². The molecule has 5 heterocycles. The standard InChI is InChI=1S/C22H22F3N3O7/c1-21(2)31-8-14-17(35-21)16(19-22(34-14)4-3-13(33-22)18(32-19)20(29)30)28-7-12(26-27-28)9-5-10(23)15(25)11(24)6-9/h5-7,13-14,16-19H,3-4,8H2,1-2H3,(H,29,30)/t13?,14-,16+,17+,18-,19-,22+/m1/s1. The number of halogens is 3. The highest BCUT2D eigenvalue weighted by Crippen LogP contribution is 2.53. The number of benzene rings is 1. The van der Waals surface area contributed by atoms with Gasteiger partial charge in [-0.1, -0.05) is 5.21 Å². The van der Waals surface area contributed by atoms with Gasteiger partial charge in [0.05, 0.1) is 18.9 Å². The topological polar surface area (TPSA) is 114 Å². The van der Waals surface area contributed by atoms with E-state index in [4.69, 9.17) is 23.7 Å². The van der Waals surface area contributed by atoms with E-state index in [0.29, 0.717) is 12.8 Å². The van der Waals surface area contributed by atoms with Gasteiger partial charge in [-0.05, 0) is 32.4 Å². The highest BCUT2D eigenvalue weighted by Gasteiger charge is 2.67. The molecule has 1 unspecified atom stereocenters. The second kappa shape index (κ2) is 7.71. The van der Waals surface area contributed by atoms with Crippen LogP contribution < -0.4 is 0 Å². The molecule has 4 saturated heterocycles. The van der Waals surface area contributed by atoms with Crippen LogP contribution >= 0.6 is 0 Å². The van der Waals surface area contributed by atoms with Crippen LogP contribution in [0.3, 0.4) is 0 Å². The van der Waals surface area contributed by atoms with Crippen LogP contribution in [0.2, 0.25) is 0 Å². The summed E-state index contributed by atoms with van der Waals surface area (Å²) in [6.07, 6.45) is -1.95. The summed E-state index contributed by atoms with van der Waals surface area (Å²) >= 11 is 0. The van der Waals surface area contributed by atoms with Crippen molar-refractivity contribution in [3.05, 3.63) is 35.8 Å². The molecule has 1 N–H and O–H groups in total. The molecule has 0 aliphatic carbocycles. The van der Waals surface area contributed by atoms with Crippen molar-refractivity contribution in [2.24, 2.45) is 0 Å². The summed E-state index contributed by atoms with van der Waals surface area (Å²) in [5.41, 5.74) is 0.0476. The van der Waals surface area contributed by atoms with E-state index < -0.39 is 71.6 Å². The molecule has 4 fully saturated rings. The fourth-order valence-corrected chi connectivity index (χ4v) is 5.38. The van der Waals surface area contributed by atoms with Crippen molar-refractivity contribution < 1.29 is 46.8 Å². The number of hydrogen-bond acceptors (Lipinski definition) is 8. The highest BCUT2D eigenvalue weighted by molar-refractivity contribution is 5.73. The number of aromatic nitrogens is 3. The summed E-state index contributed by atoms with van der Waals surface area (Å²) in [6, 6.07) is 0.850. The summed E-state index contributed by atoms with van der Waals surface area (Å²) in [5.74, 6) is -7.72. The Bertz CT molecular complexity index is 1170. The van der Waals surface area contributed by atoms with Gasteiger partial charge in [-0.15, -0.1) is 5.10 Å². The molecule has 2 aromatic rings. The molecule has 1 aromatic carbocycles. The molecule has 7 atom stereocenters. The molecule has 2 bridgehead atoms. The van der Waals surface area contributed by atoms with E-state index >= 15 is 0 Å². The lowest BCUT2D eigenvalue weighted by atomic mass is 9.87. The summed E-state index contributed by atoms with van der Waals surface area (Å²) in [6.45, 7) is 3.63. The molecule has 6 rings (SSSR count). The Hall–Kier alpha value is -2.58. The molecule has 35 heavy (non-hydrogen) atoms. The molecular weight excluding hydrogens is 475 g/mol. The van der Waals surface area contributed by atoms with Crippen LogP contribution in [0.25, 0.3) is 11.3 Å². The van der Waals surface area contributed by atoms with Gasteiger partial charge in [-0.25, -0.2) is 22.6 Å². The van der Waals surface area contributed by atoms with E-state index in [-0.39, 0.29) is 17.9 Å². The molecular formula is C22H22F3N3O7. The van der Waals surface area contributed by atoms with Gasteiger partial charge in [0.15, 0.2) is 35.1 Å². The second-order valence-electron chi connectivity index (χ2n) is 9.60. The molecule has 1 spiro atoms. The van der Waals surface area contributed by atoms with E-state index in [0.717, 1.165) is 12.1 Å². The van der Waals surface area contributed by atoms with Crippen LogP contribution in [0.15, 0.2) is 18.3 Å². The predicted molar refractivity (Wildman–Crippen MR) is 107 cm³/mol. The Morgan fingerprint density at radius 1 is 1.14 bits per heavy atom. The van der Waals surface area contributed by atoms with E-state index in [1.165, 1.54) is 10.9 Å². The first kappa shape index (κ1) is 22.9. The molecule has 0 radical (unpaired) electrons. The Kier molecular flexibility index (Phi) is 5.03. The number of nitrogens with zero attached hydrogens (tertiary/aromatic N) is 3. The number of ether oxygens (including phenoxy) is 5. The van der Waals surface area contributed by atoms with E-state index in [9.17, 15) is 23.1 Å². The lowest BCUT2D eigenvalue weighted by molar-refractivity contribution is -0.427. The van der Waals surface area contributed by atoms with Crippen molar-refractivity contribution in [3.8, 4) is 11.3 Å². The molecule has 4 aliphatic rings. The maximum Gasteiger partial charge on any atom is 0.335 e. The summed E-state index contributed by atoms with van der Waals surface area (Å²) < 4.78 is 72.9. The number of carbonyl (C=O) groups is 1. The zero-order chi connectivity index (χ0) is 24.7. The number of hydrogen-bond donors (Lipinski definition) is 1. The third-order valence-electron chi connectivity index (χ3n) is 6.91. The van der Waals surface area contributed by atoms with Crippen molar-refractivity contribution in [1.29, 1.82) is 0 Å². The molecule has 13 heteroatoms. The van der Waals surface area contributed by atoms with Crippen LogP contribution in [0, 0.1) is 17.5 Å². The van der Waals surface area contributed by atoms with Gasteiger partial charge in [0.25, 0.3) is 0 Å². The molecule has 10 nitrogen and oxygen atoms in total. The SMILES string of the molecule is CC1(C)OC[C@H]2O[C@]34CCC(O3)[C@H](C(=O)O)O[C@@H]4[C@@H](n3cc(-c4cc(F)c(F)c(F)c4)nn3)[C@H]2O1. The fourth-order valence-electron chi connectivity index (χ4n) is 5.38. The first-order valence-corrected chi connectivity index (χ1v) is 11.2. The quantitative estimate of drug-likeness (QED) is 0.638. The molecule has 0 amide bonds. The maximum absolute atomic E-state index is 13.8. The summed E-state index contributed by atoms with van der Waals surface area (Å²) in [5, 5.41) is 17.9. The van der Waals surface area contributed by atoms with Crippen LogP contribution in [0.1, 0.15) is 32.7 Å². The first-order valence-electron chi connectivity index (χ1n) is 11.2. The minimum absolute atomic E-state index is 0.0237. The highest BCUT2D eigenvalue weighted by atomic mass is 19.2. The molecule has 0 saturated carbocycles.